The SMILES string of the molecule is Cc1nn(C)cc1S(=O)(=O)NC(=O)c1ccc(-n2ccc(OCCC(C3CC3)C3CC3)n2)nc1N1C[C@@H](C)CC1(C)C.S. The quantitative estimate of drug-likeness (QED) is 0.332. The topological polar surface area (TPSA) is 124 Å². The Morgan fingerprint density at radius 2 is 1.84 bits per heavy atom. The van der Waals surface area contributed by atoms with Gasteiger partial charge in [0.15, 0.2) is 5.82 Å². The van der Waals surface area contributed by atoms with Crippen molar-refractivity contribution in [1.82, 2.24) is 29.3 Å². The molecule has 1 N–H and O–H groups in total. The van der Waals surface area contributed by atoms with Crippen molar-refractivity contribution >= 4 is 35.2 Å². The van der Waals surface area contributed by atoms with Gasteiger partial charge < -0.3 is 9.64 Å². The van der Waals surface area contributed by atoms with Crippen molar-refractivity contribution in [3.8, 4) is 11.7 Å². The van der Waals surface area contributed by atoms with Crippen LogP contribution in [0.3, 0.4) is 0 Å². The van der Waals surface area contributed by atoms with Crippen molar-refractivity contribution in [2.75, 3.05) is 18.1 Å². The van der Waals surface area contributed by atoms with Gasteiger partial charge in [-0.1, -0.05) is 6.92 Å². The van der Waals surface area contributed by atoms with Gasteiger partial charge >= 0.3 is 0 Å². The van der Waals surface area contributed by atoms with Crippen LogP contribution < -0.4 is 14.4 Å². The third kappa shape index (κ3) is 6.72. The van der Waals surface area contributed by atoms with E-state index in [-0.39, 0.29) is 29.5 Å². The number of carbonyl (C=O) groups is 1. The molecule has 11 nitrogen and oxygen atoms in total. The van der Waals surface area contributed by atoms with E-state index in [1.54, 1.807) is 37.0 Å². The molecule has 3 aromatic heterocycles. The van der Waals surface area contributed by atoms with Gasteiger partial charge in [-0.2, -0.15) is 18.6 Å². The molecule has 1 aliphatic heterocycles. The van der Waals surface area contributed by atoms with E-state index in [1.807, 2.05) is 6.07 Å². The normalized spacial score (nSPS) is 19.9. The van der Waals surface area contributed by atoms with Crippen molar-refractivity contribution in [1.29, 1.82) is 0 Å². The molecule has 6 rings (SSSR count). The van der Waals surface area contributed by atoms with Crippen LogP contribution in [0, 0.1) is 30.6 Å². The summed E-state index contributed by atoms with van der Waals surface area (Å²) in [6.45, 7) is 9.31. The molecule has 2 aliphatic carbocycles. The van der Waals surface area contributed by atoms with Crippen LogP contribution in [0.2, 0.25) is 0 Å². The summed E-state index contributed by atoms with van der Waals surface area (Å²) < 4.78 is 37.6. The number of sulfonamides is 1. The fraction of sp³-hybridized carbons (Fsp3) is 0.600. The van der Waals surface area contributed by atoms with E-state index in [2.05, 4.69) is 40.6 Å². The Morgan fingerprint density at radius 1 is 1.14 bits per heavy atom. The molecule has 2 saturated carbocycles. The lowest BCUT2D eigenvalue weighted by atomic mass is 9.95. The average molecular weight is 630 g/mol. The van der Waals surface area contributed by atoms with Crippen LogP contribution in [0.25, 0.3) is 5.82 Å². The first-order valence-electron chi connectivity index (χ1n) is 15.0. The van der Waals surface area contributed by atoms with Crippen LogP contribution in [0.15, 0.2) is 35.5 Å². The van der Waals surface area contributed by atoms with Gasteiger partial charge in [0, 0.05) is 37.6 Å². The Labute approximate surface area is 260 Å². The lowest BCUT2D eigenvalue weighted by Gasteiger charge is -2.34. The average Bonchev–Trinajstić information content (AvgIpc) is 3.83. The summed E-state index contributed by atoms with van der Waals surface area (Å²) in [4.78, 5) is 20.5. The molecule has 0 aromatic carbocycles. The summed E-state index contributed by atoms with van der Waals surface area (Å²) in [7, 11) is -2.50. The molecule has 234 valence electrons. The Hall–Kier alpha value is -3.06. The molecular weight excluding hydrogens is 587 g/mol. The predicted molar refractivity (Wildman–Crippen MR) is 169 cm³/mol. The van der Waals surface area contributed by atoms with Crippen LogP contribution in [0.5, 0.6) is 5.88 Å². The predicted octanol–water partition coefficient (Wildman–Crippen LogP) is 4.37. The van der Waals surface area contributed by atoms with Gasteiger partial charge in [0.1, 0.15) is 10.7 Å². The van der Waals surface area contributed by atoms with Gasteiger partial charge in [-0.25, -0.2) is 22.8 Å². The number of hydrogen-bond donors (Lipinski definition) is 1. The number of nitrogens with zero attached hydrogens (tertiary/aromatic N) is 6. The maximum Gasteiger partial charge on any atom is 0.268 e. The minimum atomic E-state index is -4.14. The van der Waals surface area contributed by atoms with E-state index in [0.717, 1.165) is 30.6 Å². The van der Waals surface area contributed by atoms with Crippen molar-refractivity contribution in [2.24, 2.45) is 30.7 Å². The number of aryl methyl sites for hydroxylation is 2. The molecule has 1 saturated heterocycles. The van der Waals surface area contributed by atoms with Gasteiger partial charge in [-0.05, 0) is 95.1 Å². The highest BCUT2D eigenvalue weighted by Crippen LogP contribution is 2.50. The van der Waals surface area contributed by atoms with Gasteiger partial charge in [0.2, 0.25) is 5.88 Å². The summed E-state index contributed by atoms with van der Waals surface area (Å²) in [5.74, 6) is 3.68. The molecular formula is C30H43N7O4S2. The van der Waals surface area contributed by atoms with Crippen LogP contribution in [0.4, 0.5) is 5.82 Å². The Balaban J connectivity index is 0.00000368. The number of amides is 1. The summed E-state index contributed by atoms with van der Waals surface area (Å²) in [6, 6.07) is 5.13. The minimum absolute atomic E-state index is 0. The van der Waals surface area contributed by atoms with Crippen LogP contribution in [-0.2, 0) is 17.1 Å². The highest BCUT2D eigenvalue weighted by atomic mass is 32.2. The van der Waals surface area contributed by atoms with Crippen molar-refractivity contribution in [2.45, 2.75) is 76.7 Å². The second-order valence-corrected chi connectivity index (χ2v) is 14.7. The maximum atomic E-state index is 13.5. The standard InChI is InChI=1S/C30H41N7O4S.H2S/c1-19-16-30(3,4)36(17-19)28-24(29(38)34-42(39,40)25-18-35(5)32-20(25)2)10-11-26(31-28)37-14-12-27(33-37)41-15-13-23(21-6-7-21)22-8-9-22;/h10-12,14,18-19,21-23H,6-9,13,15-17H2,1-5H3,(H,34,38);1H2/t19-;/m0./s1. The molecule has 13 heteroatoms. The van der Waals surface area contributed by atoms with Crippen molar-refractivity contribution in [3.05, 3.63) is 41.9 Å². The molecule has 3 fully saturated rings. The fourth-order valence-corrected chi connectivity index (χ4v) is 7.88. The second-order valence-electron chi connectivity index (χ2n) is 13.0. The highest BCUT2D eigenvalue weighted by Gasteiger charge is 2.41. The molecule has 3 aromatic rings. The zero-order valence-corrected chi connectivity index (χ0v) is 27.4. The number of rotatable bonds is 11. The lowest BCUT2D eigenvalue weighted by molar-refractivity contribution is 0.0981. The lowest BCUT2D eigenvalue weighted by Crippen LogP contribution is -2.41. The Kier molecular flexibility index (Phi) is 8.60. The number of hydrogen-bond acceptors (Lipinski definition) is 8. The van der Waals surface area contributed by atoms with E-state index >= 15 is 0 Å². The zero-order valence-electron chi connectivity index (χ0n) is 25.6. The molecule has 0 unspecified atom stereocenters. The van der Waals surface area contributed by atoms with Crippen LogP contribution in [-0.4, -0.2) is 57.6 Å². The smallest absolute Gasteiger partial charge is 0.268 e. The van der Waals surface area contributed by atoms with E-state index in [1.165, 1.54) is 36.6 Å². The minimum Gasteiger partial charge on any atom is -0.477 e. The largest absolute Gasteiger partial charge is 0.477 e. The molecule has 0 spiro atoms. The van der Waals surface area contributed by atoms with E-state index in [4.69, 9.17) is 9.72 Å². The third-order valence-corrected chi connectivity index (χ3v) is 10.3. The molecule has 0 bridgehead atoms. The Morgan fingerprint density at radius 3 is 2.42 bits per heavy atom. The molecule has 43 heavy (non-hydrogen) atoms. The molecule has 0 radical (unpaired) electrons. The maximum absolute atomic E-state index is 13.5. The summed E-state index contributed by atoms with van der Waals surface area (Å²) in [6.07, 6.45) is 10.6. The van der Waals surface area contributed by atoms with Crippen molar-refractivity contribution < 1.29 is 17.9 Å². The number of carbonyl (C=O) groups excluding carboxylic acids is 1. The molecule has 1 amide bonds. The monoisotopic (exact) mass is 629 g/mol. The summed E-state index contributed by atoms with van der Waals surface area (Å²) in [5, 5.41) is 8.72. The molecule has 1 atom stereocenters. The number of aromatic nitrogens is 5. The number of nitrogens with one attached hydrogen (secondary N) is 1. The number of ether oxygens (including phenoxy) is 1. The first kappa shape index (κ1) is 31.4. The highest BCUT2D eigenvalue weighted by molar-refractivity contribution is 7.90. The Bertz CT molecular complexity index is 1580. The first-order chi connectivity index (χ1) is 19.9. The van der Waals surface area contributed by atoms with Gasteiger partial charge in [0.05, 0.1) is 17.9 Å². The number of anilines is 1. The van der Waals surface area contributed by atoms with E-state index in [0.29, 0.717) is 42.3 Å². The van der Waals surface area contributed by atoms with Gasteiger partial charge in [-0.15, -0.1) is 5.10 Å². The van der Waals surface area contributed by atoms with Crippen molar-refractivity contribution in [3.63, 3.8) is 0 Å². The van der Waals surface area contributed by atoms with Crippen LogP contribution in [0.1, 0.15) is 75.3 Å². The summed E-state index contributed by atoms with van der Waals surface area (Å²) in [5.41, 5.74) is 0.214. The third-order valence-electron chi connectivity index (χ3n) is 8.87. The van der Waals surface area contributed by atoms with E-state index < -0.39 is 15.9 Å². The second kappa shape index (κ2) is 11.8. The summed E-state index contributed by atoms with van der Waals surface area (Å²) >= 11 is 0. The van der Waals surface area contributed by atoms with E-state index in [9.17, 15) is 13.2 Å². The zero-order chi connectivity index (χ0) is 29.8. The van der Waals surface area contributed by atoms with Gasteiger partial charge in [-0.3, -0.25) is 9.48 Å². The fourth-order valence-electron chi connectivity index (χ4n) is 6.70. The van der Waals surface area contributed by atoms with Gasteiger partial charge in [0.25, 0.3) is 15.9 Å². The number of pyridine rings is 1. The first-order valence-corrected chi connectivity index (χ1v) is 16.4. The molecule has 4 heterocycles. The molecule has 3 aliphatic rings. The van der Waals surface area contributed by atoms with Crippen LogP contribution >= 0.6 is 13.5 Å².